The number of rotatable bonds is 4. The van der Waals surface area contributed by atoms with E-state index in [4.69, 9.17) is 9.47 Å². The minimum atomic E-state index is -2.11. The number of carbonyl (C=O) groups excluding carboxylic acids is 2. The number of aliphatic hydroxyl groups excluding tert-OH is 1. The SMILES string of the molecule is COC(OC)C(=O)[C@H]1CC[C@H]2[C@@H]3C[C@H](F)C4=CC(=O)C=C[C@]4(C)[C@@]3(F)[C@@H](O)C[C@]12C. The molecule has 0 spiro atoms. The van der Waals surface area contributed by atoms with Crippen LogP contribution in [0.1, 0.15) is 39.5 Å². The standard InChI is InChI=1S/C23H30F2O5/c1-21-11-18(27)23(25)15(10-17(24)16-9-12(26)7-8-22(16,23)2)13(21)5-6-14(21)19(28)20(29-3)30-4/h7-9,13-15,17-18,20,27H,5-6,10-11H2,1-4H3/t13-,14+,15-,17-,18-,21-,22-,23-/m0/s1. The van der Waals surface area contributed by atoms with Crippen molar-refractivity contribution in [3.05, 3.63) is 23.8 Å². The van der Waals surface area contributed by atoms with Crippen LogP contribution in [0.3, 0.4) is 0 Å². The van der Waals surface area contributed by atoms with Gasteiger partial charge in [-0.25, -0.2) is 8.78 Å². The lowest BCUT2D eigenvalue weighted by atomic mass is 9.45. The summed E-state index contributed by atoms with van der Waals surface area (Å²) in [5.41, 5.74) is -4.07. The lowest BCUT2D eigenvalue weighted by Crippen LogP contribution is -2.68. The Morgan fingerprint density at radius 1 is 1.23 bits per heavy atom. The van der Waals surface area contributed by atoms with Crippen molar-refractivity contribution in [3.63, 3.8) is 0 Å². The highest BCUT2D eigenvalue weighted by Crippen LogP contribution is 2.69. The molecule has 3 fully saturated rings. The van der Waals surface area contributed by atoms with Crippen LogP contribution in [0.25, 0.3) is 0 Å². The fourth-order valence-electron chi connectivity index (χ4n) is 7.16. The van der Waals surface area contributed by atoms with Gasteiger partial charge < -0.3 is 14.6 Å². The fourth-order valence-corrected chi connectivity index (χ4v) is 7.16. The summed E-state index contributed by atoms with van der Waals surface area (Å²) in [6.07, 6.45) is 1.09. The smallest absolute Gasteiger partial charge is 0.217 e. The molecule has 0 bridgehead atoms. The van der Waals surface area contributed by atoms with Gasteiger partial charge in [-0.15, -0.1) is 0 Å². The molecule has 0 aromatic heterocycles. The van der Waals surface area contributed by atoms with Crippen molar-refractivity contribution in [2.75, 3.05) is 14.2 Å². The average Bonchev–Trinajstić information content (AvgIpc) is 3.03. The Hall–Kier alpha value is -1.44. The first kappa shape index (κ1) is 21.8. The third kappa shape index (κ3) is 2.61. The highest BCUT2D eigenvalue weighted by Gasteiger charge is 2.72. The molecule has 0 aromatic rings. The van der Waals surface area contributed by atoms with Crippen LogP contribution < -0.4 is 0 Å². The minimum absolute atomic E-state index is 0.0861. The molecule has 0 aliphatic heterocycles. The van der Waals surface area contributed by atoms with Crippen molar-refractivity contribution in [2.24, 2.45) is 28.6 Å². The van der Waals surface area contributed by atoms with E-state index in [1.807, 2.05) is 6.92 Å². The normalized spacial score (nSPS) is 47.5. The molecule has 0 amide bonds. The van der Waals surface area contributed by atoms with Crippen molar-refractivity contribution in [2.45, 2.75) is 63.8 Å². The molecule has 0 aromatic carbocycles. The van der Waals surface area contributed by atoms with Crippen LogP contribution in [0.2, 0.25) is 0 Å². The topological polar surface area (TPSA) is 72.8 Å². The molecule has 0 heterocycles. The third-order valence-electron chi connectivity index (χ3n) is 8.63. The maximum Gasteiger partial charge on any atom is 0.217 e. The largest absolute Gasteiger partial charge is 0.390 e. The second-order valence-corrected chi connectivity index (χ2v) is 9.78. The summed E-state index contributed by atoms with van der Waals surface area (Å²) in [6, 6.07) is 0. The molecule has 5 nitrogen and oxygen atoms in total. The second kappa shape index (κ2) is 7.04. The summed E-state index contributed by atoms with van der Waals surface area (Å²) in [4.78, 5) is 24.9. The Labute approximate surface area is 175 Å². The molecular weight excluding hydrogens is 394 g/mol. The van der Waals surface area contributed by atoms with E-state index in [-0.39, 0.29) is 35.9 Å². The van der Waals surface area contributed by atoms with Gasteiger partial charge in [-0.05, 0) is 61.7 Å². The quantitative estimate of drug-likeness (QED) is 0.702. The summed E-state index contributed by atoms with van der Waals surface area (Å²) in [6.45, 7) is 3.48. The second-order valence-electron chi connectivity index (χ2n) is 9.78. The van der Waals surface area contributed by atoms with Crippen molar-refractivity contribution in [1.82, 2.24) is 0 Å². The predicted octanol–water partition coefficient (Wildman–Crippen LogP) is 3.11. The monoisotopic (exact) mass is 424 g/mol. The van der Waals surface area contributed by atoms with E-state index in [0.717, 1.165) is 0 Å². The van der Waals surface area contributed by atoms with Crippen molar-refractivity contribution in [3.8, 4) is 0 Å². The highest BCUT2D eigenvalue weighted by molar-refractivity contribution is 6.01. The van der Waals surface area contributed by atoms with Gasteiger partial charge in [0.15, 0.2) is 17.2 Å². The number of aliphatic hydroxyl groups is 1. The molecule has 0 unspecified atom stereocenters. The molecule has 30 heavy (non-hydrogen) atoms. The van der Waals surface area contributed by atoms with Gasteiger partial charge in [-0.2, -0.15) is 0 Å². The van der Waals surface area contributed by atoms with Gasteiger partial charge in [0.2, 0.25) is 6.29 Å². The maximum atomic E-state index is 16.9. The zero-order valence-corrected chi connectivity index (χ0v) is 17.9. The van der Waals surface area contributed by atoms with Crippen LogP contribution in [0.4, 0.5) is 8.78 Å². The van der Waals surface area contributed by atoms with Crippen LogP contribution in [0.5, 0.6) is 0 Å². The van der Waals surface area contributed by atoms with E-state index in [9.17, 15) is 14.7 Å². The van der Waals surface area contributed by atoms with E-state index in [1.54, 1.807) is 6.92 Å². The molecule has 3 saturated carbocycles. The molecular formula is C23H30F2O5. The first-order valence-corrected chi connectivity index (χ1v) is 10.6. The van der Waals surface area contributed by atoms with E-state index in [2.05, 4.69) is 0 Å². The lowest BCUT2D eigenvalue weighted by molar-refractivity contribution is -0.205. The number of hydrogen-bond donors (Lipinski definition) is 1. The third-order valence-corrected chi connectivity index (χ3v) is 8.63. The summed E-state index contributed by atoms with van der Waals surface area (Å²) < 4.78 is 42.5. The van der Waals surface area contributed by atoms with Crippen LogP contribution in [-0.2, 0) is 19.1 Å². The Morgan fingerprint density at radius 3 is 2.53 bits per heavy atom. The van der Waals surface area contributed by atoms with Crippen molar-refractivity contribution in [1.29, 1.82) is 0 Å². The zero-order valence-electron chi connectivity index (χ0n) is 17.9. The number of alkyl halides is 2. The predicted molar refractivity (Wildman–Crippen MR) is 105 cm³/mol. The van der Waals surface area contributed by atoms with E-state index in [1.165, 1.54) is 32.4 Å². The first-order chi connectivity index (χ1) is 14.0. The molecule has 7 heteroatoms. The van der Waals surface area contributed by atoms with Crippen molar-refractivity contribution < 1.29 is 33.0 Å². The van der Waals surface area contributed by atoms with Crippen LogP contribution in [0.15, 0.2) is 23.8 Å². The van der Waals surface area contributed by atoms with E-state index < -0.39 is 46.9 Å². The number of methoxy groups -OCH3 is 2. The Kier molecular flexibility index (Phi) is 5.11. The summed E-state index contributed by atoms with van der Waals surface area (Å²) >= 11 is 0. The van der Waals surface area contributed by atoms with Gasteiger partial charge in [-0.3, -0.25) is 9.59 Å². The molecule has 4 aliphatic rings. The summed E-state index contributed by atoms with van der Waals surface area (Å²) in [5, 5.41) is 11.2. The number of allylic oxidation sites excluding steroid dienone is 4. The van der Waals surface area contributed by atoms with Gasteiger partial charge in [0.1, 0.15) is 6.17 Å². The fraction of sp³-hybridized carbons (Fsp3) is 0.739. The van der Waals surface area contributed by atoms with Gasteiger partial charge in [0.05, 0.1) is 6.10 Å². The number of ketones is 2. The van der Waals surface area contributed by atoms with Gasteiger partial charge in [-0.1, -0.05) is 13.0 Å². The summed E-state index contributed by atoms with van der Waals surface area (Å²) in [5.74, 6) is -2.07. The summed E-state index contributed by atoms with van der Waals surface area (Å²) in [7, 11) is 2.78. The number of Topliss-reactive ketones (excluding diaryl/α,β-unsaturated/α-hetero) is 1. The van der Waals surface area contributed by atoms with Crippen LogP contribution >= 0.6 is 0 Å². The molecule has 0 radical (unpaired) electrons. The highest BCUT2D eigenvalue weighted by atomic mass is 19.1. The minimum Gasteiger partial charge on any atom is -0.390 e. The number of carbonyl (C=O) groups is 2. The zero-order chi connectivity index (χ0) is 22.1. The van der Waals surface area contributed by atoms with E-state index >= 15 is 8.78 Å². The Morgan fingerprint density at radius 2 is 1.90 bits per heavy atom. The Bertz CT molecular complexity index is 820. The molecule has 166 valence electrons. The number of fused-ring (bicyclic) bond motifs is 5. The molecule has 4 aliphatic carbocycles. The lowest BCUT2D eigenvalue weighted by Gasteiger charge is -2.62. The first-order valence-electron chi connectivity index (χ1n) is 10.6. The maximum absolute atomic E-state index is 16.9. The van der Waals surface area contributed by atoms with Gasteiger partial charge >= 0.3 is 0 Å². The number of hydrogen-bond acceptors (Lipinski definition) is 5. The van der Waals surface area contributed by atoms with Crippen LogP contribution in [-0.4, -0.2) is 55.1 Å². The molecule has 4 rings (SSSR count). The number of halogens is 2. The van der Waals surface area contributed by atoms with E-state index in [0.29, 0.717) is 12.8 Å². The molecule has 0 saturated heterocycles. The van der Waals surface area contributed by atoms with Gasteiger partial charge in [0.25, 0.3) is 0 Å². The number of ether oxygens (including phenoxy) is 2. The Balaban J connectivity index is 1.75. The average molecular weight is 424 g/mol. The van der Waals surface area contributed by atoms with Crippen LogP contribution in [0, 0.1) is 28.6 Å². The van der Waals surface area contributed by atoms with Crippen molar-refractivity contribution >= 4 is 11.6 Å². The molecule has 1 N–H and O–H groups in total. The van der Waals surface area contributed by atoms with Gasteiger partial charge in [0, 0.05) is 31.5 Å². The molecule has 8 atom stereocenters.